The van der Waals surface area contributed by atoms with Crippen molar-refractivity contribution in [3.05, 3.63) is 70.5 Å². The first-order chi connectivity index (χ1) is 12.0. The fourth-order valence-corrected chi connectivity index (χ4v) is 2.68. The van der Waals surface area contributed by atoms with Gasteiger partial charge in [-0.25, -0.2) is 0 Å². The number of amides is 1. The predicted octanol–water partition coefficient (Wildman–Crippen LogP) is 4.69. The van der Waals surface area contributed by atoms with Crippen molar-refractivity contribution in [3.63, 3.8) is 0 Å². The quantitative estimate of drug-likeness (QED) is 0.676. The van der Waals surface area contributed by atoms with Crippen molar-refractivity contribution in [2.24, 2.45) is 0 Å². The number of halogens is 1. The van der Waals surface area contributed by atoms with Gasteiger partial charge in [0.15, 0.2) is 0 Å². The number of hydrogen-bond acceptors (Lipinski definition) is 3. The van der Waals surface area contributed by atoms with Gasteiger partial charge in [-0.1, -0.05) is 18.2 Å². The molecule has 2 aromatic carbocycles. The molecule has 1 heterocycles. The van der Waals surface area contributed by atoms with Crippen LogP contribution in [0, 0.1) is 13.8 Å². The molecule has 0 bridgehead atoms. The van der Waals surface area contributed by atoms with Crippen LogP contribution in [0.1, 0.15) is 11.4 Å². The predicted molar refractivity (Wildman–Crippen MR) is 101 cm³/mol. The summed E-state index contributed by atoms with van der Waals surface area (Å²) in [6.07, 6.45) is 0. The van der Waals surface area contributed by atoms with Gasteiger partial charge in [-0.05, 0) is 66.2 Å². The molecular weight excluding hydrogens is 382 g/mol. The van der Waals surface area contributed by atoms with E-state index in [1.54, 1.807) is 4.68 Å². The lowest BCUT2D eigenvalue weighted by molar-refractivity contribution is -0.116. The van der Waals surface area contributed by atoms with E-state index in [0.717, 1.165) is 21.6 Å². The monoisotopic (exact) mass is 399 g/mol. The molecule has 1 amide bonds. The van der Waals surface area contributed by atoms with Gasteiger partial charge in [0, 0.05) is 5.69 Å². The maximum atomic E-state index is 12.2. The third-order valence-electron chi connectivity index (χ3n) is 3.70. The molecule has 128 valence electrons. The van der Waals surface area contributed by atoms with E-state index in [1.165, 1.54) is 0 Å². The van der Waals surface area contributed by atoms with E-state index in [4.69, 9.17) is 4.74 Å². The molecular formula is C19H18BrN3O2. The van der Waals surface area contributed by atoms with Gasteiger partial charge >= 0.3 is 0 Å². The standard InChI is InChI=1S/C19H18BrN3O2/c1-13-19(20)14(2)23(22-13)12-18(24)21-15-8-10-17(11-9-15)25-16-6-4-3-5-7-16/h3-11H,12H2,1-2H3,(H,21,24). The van der Waals surface area contributed by atoms with Crippen molar-refractivity contribution in [2.45, 2.75) is 20.4 Å². The fourth-order valence-electron chi connectivity index (χ4n) is 2.40. The number of benzene rings is 2. The number of rotatable bonds is 5. The summed E-state index contributed by atoms with van der Waals surface area (Å²) in [7, 11) is 0. The number of anilines is 1. The third kappa shape index (κ3) is 4.28. The van der Waals surface area contributed by atoms with Crippen LogP contribution < -0.4 is 10.1 Å². The molecule has 0 saturated heterocycles. The Morgan fingerprint density at radius 1 is 1.08 bits per heavy atom. The summed E-state index contributed by atoms with van der Waals surface area (Å²) in [4.78, 5) is 12.2. The summed E-state index contributed by atoms with van der Waals surface area (Å²) in [5.74, 6) is 1.36. The molecule has 3 aromatic rings. The first kappa shape index (κ1) is 17.2. The summed E-state index contributed by atoms with van der Waals surface area (Å²) >= 11 is 3.46. The van der Waals surface area contributed by atoms with Crippen LogP contribution in [0.15, 0.2) is 59.1 Å². The van der Waals surface area contributed by atoms with Crippen LogP contribution in [-0.2, 0) is 11.3 Å². The normalized spacial score (nSPS) is 10.5. The summed E-state index contributed by atoms with van der Waals surface area (Å²) in [6, 6.07) is 16.8. The number of carbonyl (C=O) groups excluding carboxylic acids is 1. The summed E-state index contributed by atoms with van der Waals surface area (Å²) in [6.45, 7) is 3.99. The third-order valence-corrected chi connectivity index (χ3v) is 4.85. The fraction of sp³-hybridized carbons (Fsp3) is 0.158. The Balaban J connectivity index is 1.61. The summed E-state index contributed by atoms with van der Waals surface area (Å²) < 4.78 is 8.35. The van der Waals surface area contributed by atoms with Crippen LogP contribution in [0.25, 0.3) is 0 Å². The lowest BCUT2D eigenvalue weighted by Gasteiger charge is -2.09. The minimum absolute atomic E-state index is 0.130. The van der Waals surface area contributed by atoms with Gasteiger partial charge in [0.1, 0.15) is 18.0 Å². The Labute approximate surface area is 154 Å². The maximum Gasteiger partial charge on any atom is 0.246 e. The van der Waals surface area contributed by atoms with E-state index in [-0.39, 0.29) is 12.5 Å². The second-order valence-electron chi connectivity index (χ2n) is 5.63. The van der Waals surface area contributed by atoms with E-state index in [2.05, 4.69) is 26.3 Å². The topological polar surface area (TPSA) is 56.2 Å². The SMILES string of the molecule is Cc1nn(CC(=O)Nc2ccc(Oc3ccccc3)cc2)c(C)c1Br. The number of aryl methyl sites for hydroxylation is 1. The maximum absolute atomic E-state index is 12.2. The smallest absolute Gasteiger partial charge is 0.246 e. The molecule has 0 aliphatic heterocycles. The molecule has 0 radical (unpaired) electrons. The lowest BCUT2D eigenvalue weighted by atomic mass is 10.3. The second-order valence-corrected chi connectivity index (χ2v) is 6.42. The highest BCUT2D eigenvalue weighted by Gasteiger charge is 2.12. The number of nitrogens with one attached hydrogen (secondary N) is 1. The number of para-hydroxylation sites is 1. The number of carbonyl (C=O) groups is 1. The minimum atomic E-state index is -0.130. The van der Waals surface area contributed by atoms with Crippen molar-refractivity contribution >= 4 is 27.5 Å². The molecule has 0 unspecified atom stereocenters. The molecule has 0 aliphatic rings. The first-order valence-corrected chi connectivity index (χ1v) is 8.64. The Kier molecular flexibility index (Phi) is 5.19. The Morgan fingerprint density at radius 2 is 1.72 bits per heavy atom. The van der Waals surface area contributed by atoms with Crippen LogP contribution in [0.5, 0.6) is 11.5 Å². The molecule has 1 N–H and O–H groups in total. The van der Waals surface area contributed by atoms with Crippen molar-refractivity contribution in [2.75, 3.05) is 5.32 Å². The Morgan fingerprint density at radius 3 is 2.32 bits per heavy atom. The largest absolute Gasteiger partial charge is 0.457 e. The highest BCUT2D eigenvalue weighted by molar-refractivity contribution is 9.10. The van der Waals surface area contributed by atoms with Crippen LogP contribution in [-0.4, -0.2) is 15.7 Å². The van der Waals surface area contributed by atoms with Crippen molar-refractivity contribution in [1.82, 2.24) is 9.78 Å². The Bertz CT molecular complexity index is 874. The van der Waals surface area contributed by atoms with Crippen molar-refractivity contribution < 1.29 is 9.53 Å². The van der Waals surface area contributed by atoms with E-state index in [1.807, 2.05) is 68.4 Å². The van der Waals surface area contributed by atoms with Gasteiger partial charge < -0.3 is 10.1 Å². The van der Waals surface area contributed by atoms with E-state index in [9.17, 15) is 4.79 Å². The molecule has 0 fully saturated rings. The number of hydrogen-bond donors (Lipinski definition) is 1. The molecule has 0 aliphatic carbocycles. The van der Waals surface area contributed by atoms with Gasteiger partial charge in [-0.15, -0.1) is 0 Å². The molecule has 6 heteroatoms. The van der Waals surface area contributed by atoms with Crippen LogP contribution >= 0.6 is 15.9 Å². The first-order valence-electron chi connectivity index (χ1n) is 7.85. The molecule has 1 aromatic heterocycles. The number of ether oxygens (including phenoxy) is 1. The zero-order valence-electron chi connectivity index (χ0n) is 14.0. The lowest BCUT2D eigenvalue weighted by Crippen LogP contribution is -2.20. The van der Waals surface area contributed by atoms with Crippen LogP contribution in [0.4, 0.5) is 5.69 Å². The molecule has 5 nitrogen and oxygen atoms in total. The van der Waals surface area contributed by atoms with Gasteiger partial charge in [0.05, 0.1) is 15.9 Å². The van der Waals surface area contributed by atoms with Crippen molar-refractivity contribution in [3.8, 4) is 11.5 Å². The number of aromatic nitrogens is 2. The van der Waals surface area contributed by atoms with Crippen molar-refractivity contribution in [1.29, 1.82) is 0 Å². The molecule has 0 spiro atoms. The second kappa shape index (κ2) is 7.53. The number of nitrogens with zero attached hydrogens (tertiary/aromatic N) is 2. The van der Waals surface area contributed by atoms with E-state index in [0.29, 0.717) is 11.4 Å². The van der Waals surface area contributed by atoms with Gasteiger partial charge in [0.25, 0.3) is 0 Å². The zero-order chi connectivity index (χ0) is 17.8. The highest BCUT2D eigenvalue weighted by atomic mass is 79.9. The zero-order valence-corrected chi connectivity index (χ0v) is 15.6. The van der Waals surface area contributed by atoms with E-state index >= 15 is 0 Å². The molecule has 0 saturated carbocycles. The summed E-state index contributed by atoms with van der Waals surface area (Å²) in [5.41, 5.74) is 2.51. The van der Waals surface area contributed by atoms with Gasteiger partial charge in [-0.3, -0.25) is 9.48 Å². The van der Waals surface area contributed by atoms with Gasteiger partial charge in [-0.2, -0.15) is 5.10 Å². The average molecular weight is 400 g/mol. The van der Waals surface area contributed by atoms with Crippen LogP contribution in [0.2, 0.25) is 0 Å². The van der Waals surface area contributed by atoms with Gasteiger partial charge in [0.2, 0.25) is 5.91 Å². The van der Waals surface area contributed by atoms with Crippen LogP contribution in [0.3, 0.4) is 0 Å². The van der Waals surface area contributed by atoms with E-state index < -0.39 is 0 Å². The molecule has 3 rings (SSSR count). The summed E-state index contributed by atoms with van der Waals surface area (Å²) in [5, 5.41) is 7.21. The molecule has 25 heavy (non-hydrogen) atoms. The average Bonchev–Trinajstić information content (AvgIpc) is 2.84. The molecule has 0 atom stereocenters. The Hall–Kier alpha value is -2.60. The minimum Gasteiger partial charge on any atom is -0.457 e. The highest BCUT2D eigenvalue weighted by Crippen LogP contribution is 2.23.